The van der Waals surface area contributed by atoms with Gasteiger partial charge in [0.15, 0.2) is 0 Å². The fraction of sp³-hybridized carbons (Fsp3) is 0.286. The SMILES string of the molecule is COc1[c]ccc(C(F)(F)F)n1. The molecule has 0 aliphatic heterocycles. The fourth-order valence-electron chi connectivity index (χ4n) is 0.633. The predicted octanol–water partition coefficient (Wildman–Crippen LogP) is 1.91. The molecule has 0 unspecified atom stereocenters. The van der Waals surface area contributed by atoms with E-state index in [4.69, 9.17) is 0 Å². The summed E-state index contributed by atoms with van der Waals surface area (Å²) < 4.78 is 40.4. The Morgan fingerprint density at radius 2 is 2.17 bits per heavy atom. The second-order valence-electron chi connectivity index (χ2n) is 1.98. The predicted molar refractivity (Wildman–Crippen MR) is 34.6 cm³/mol. The van der Waals surface area contributed by atoms with Gasteiger partial charge in [0, 0.05) is 6.07 Å². The van der Waals surface area contributed by atoms with Crippen molar-refractivity contribution < 1.29 is 17.9 Å². The number of hydrogen-bond donors (Lipinski definition) is 0. The van der Waals surface area contributed by atoms with Gasteiger partial charge >= 0.3 is 6.18 Å². The number of aromatic nitrogens is 1. The third-order valence-corrected chi connectivity index (χ3v) is 1.15. The second-order valence-corrected chi connectivity index (χ2v) is 1.98. The molecule has 0 aromatic carbocycles. The van der Waals surface area contributed by atoms with Crippen LogP contribution in [0.15, 0.2) is 12.1 Å². The molecule has 1 rings (SSSR count). The highest BCUT2D eigenvalue weighted by Gasteiger charge is 2.32. The van der Waals surface area contributed by atoms with Crippen LogP contribution in [0.1, 0.15) is 5.69 Å². The van der Waals surface area contributed by atoms with E-state index < -0.39 is 11.9 Å². The van der Waals surface area contributed by atoms with Crippen molar-refractivity contribution in [3.05, 3.63) is 23.9 Å². The highest BCUT2D eigenvalue weighted by molar-refractivity contribution is 5.15. The van der Waals surface area contributed by atoms with E-state index in [9.17, 15) is 13.2 Å². The first kappa shape index (κ1) is 8.83. The molecule has 0 saturated heterocycles. The van der Waals surface area contributed by atoms with E-state index in [1.807, 2.05) is 0 Å². The van der Waals surface area contributed by atoms with Crippen molar-refractivity contribution in [2.75, 3.05) is 7.11 Å². The molecule has 0 saturated carbocycles. The van der Waals surface area contributed by atoms with Gasteiger partial charge < -0.3 is 4.74 Å². The summed E-state index contributed by atoms with van der Waals surface area (Å²) in [5, 5.41) is 0. The van der Waals surface area contributed by atoms with Crippen LogP contribution in [0.2, 0.25) is 0 Å². The van der Waals surface area contributed by atoms with Crippen LogP contribution in [0.3, 0.4) is 0 Å². The Bertz CT molecular complexity index is 272. The smallest absolute Gasteiger partial charge is 0.433 e. The van der Waals surface area contributed by atoms with Gasteiger partial charge in [-0.25, -0.2) is 4.98 Å². The number of pyridine rings is 1. The lowest BCUT2D eigenvalue weighted by atomic mass is 10.3. The molecule has 0 fully saturated rings. The van der Waals surface area contributed by atoms with Gasteiger partial charge in [-0.2, -0.15) is 13.2 Å². The summed E-state index contributed by atoms with van der Waals surface area (Å²) in [6.45, 7) is 0. The van der Waals surface area contributed by atoms with Crippen molar-refractivity contribution in [2.24, 2.45) is 0 Å². The van der Waals surface area contributed by atoms with E-state index in [2.05, 4.69) is 15.8 Å². The molecule has 0 amide bonds. The molecule has 1 heterocycles. The molecule has 5 heteroatoms. The molecule has 0 aliphatic rings. The van der Waals surface area contributed by atoms with Gasteiger partial charge in [0.25, 0.3) is 0 Å². The highest BCUT2D eigenvalue weighted by Crippen LogP contribution is 2.28. The molecule has 12 heavy (non-hydrogen) atoms. The van der Waals surface area contributed by atoms with Crippen LogP contribution in [0.5, 0.6) is 5.88 Å². The standard InChI is InChI=1S/C7H5F3NO/c1-12-6-4-2-3-5(11-6)7(8,9)10/h2-3H,1H3. The fourth-order valence-corrected chi connectivity index (χ4v) is 0.633. The molecule has 1 aromatic rings. The van der Waals surface area contributed by atoms with Gasteiger partial charge in [-0.1, -0.05) is 0 Å². The number of nitrogens with zero attached hydrogens (tertiary/aromatic N) is 1. The lowest BCUT2D eigenvalue weighted by Gasteiger charge is -2.05. The topological polar surface area (TPSA) is 22.1 Å². The average Bonchev–Trinajstić information content (AvgIpc) is 2.03. The van der Waals surface area contributed by atoms with Crippen molar-refractivity contribution in [1.82, 2.24) is 4.98 Å². The summed E-state index contributed by atoms with van der Waals surface area (Å²) in [4.78, 5) is 3.16. The Labute approximate surface area is 67.0 Å². The first-order valence-corrected chi connectivity index (χ1v) is 3.04. The number of ether oxygens (including phenoxy) is 1. The molecule has 0 atom stereocenters. The summed E-state index contributed by atoms with van der Waals surface area (Å²) in [6.07, 6.45) is -4.43. The summed E-state index contributed by atoms with van der Waals surface area (Å²) in [5.41, 5.74) is -0.974. The van der Waals surface area contributed by atoms with E-state index >= 15 is 0 Å². The Balaban J connectivity index is 3.02. The molecular formula is C7H5F3NO. The zero-order chi connectivity index (χ0) is 9.19. The molecule has 65 valence electrons. The minimum atomic E-state index is -4.43. The number of hydrogen-bond acceptors (Lipinski definition) is 2. The molecule has 1 radical (unpaired) electrons. The Morgan fingerprint density at radius 1 is 1.50 bits per heavy atom. The summed E-state index contributed by atoms with van der Waals surface area (Å²) >= 11 is 0. The van der Waals surface area contributed by atoms with E-state index in [0.29, 0.717) is 0 Å². The normalized spacial score (nSPS) is 11.3. The molecule has 0 bridgehead atoms. The summed E-state index contributed by atoms with van der Waals surface area (Å²) in [7, 11) is 1.24. The molecule has 0 N–H and O–H groups in total. The maximum absolute atomic E-state index is 12.0. The van der Waals surface area contributed by atoms with Crippen molar-refractivity contribution in [2.45, 2.75) is 6.18 Å². The van der Waals surface area contributed by atoms with Gasteiger partial charge in [0.1, 0.15) is 5.69 Å². The van der Waals surface area contributed by atoms with E-state index in [-0.39, 0.29) is 5.88 Å². The number of methoxy groups -OCH3 is 1. The molecule has 0 aliphatic carbocycles. The van der Waals surface area contributed by atoms with Crippen molar-refractivity contribution >= 4 is 0 Å². The minimum absolute atomic E-state index is 0.162. The monoisotopic (exact) mass is 176 g/mol. The van der Waals surface area contributed by atoms with E-state index in [1.54, 1.807) is 0 Å². The maximum Gasteiger partial charge on any atom is 0.433 e. The van der Waals surface area contributed by atoms with Gasteiger partial charge in [-0.05, 0) is 12.1 Å². The van der Waals surface area contributed by atoms with Crippen molar-refractivity contribution in [3.8, 4) is 5.88 Å². The molecular weight excluding hydrogens is 171 g/mol. The maximum atomic E-state index is 12.0. The molecule has 1 aromatic heterocycles. The lowest BCUT2D eigenvalue weighted by molar-refractivity contribution is -0.141. The van der Waals surface area contributed by atoms with Crippen molar-refractivity contribution in [1.29, 1.82) is 0 Å². The third kappa shape index (κ3) is 1.87. The number of rotatable bonds is 1. The number of alkyl halides is 3. The van der Waals surface area contributed by atoms with Crippen LogP contribution in [0.25, 0.3) is 0 Å². The Morgan fingerprint density at radius 3 is 2.67 bits per heavy atom. The van der Waals surface area contributed by atoms with Crippen LogP contribution in [0.4, 0.5) is 13.2 Å². The third-order valence-electron chi connectivity index (χ3n) is 1.15. The van der Waals surface area contributed by atoms with Crippen molar-refractivity contribution in [3.63, 3.8) is 0 Å². The first-order chi connectivity index (χ1) is 5.54. The summed E-state index contributed by atoms with van der Waals surface area (Å²) in [5.74, 6) is -0.162. The second kappa shape index (κ2) is 3.00. The largest absolute Gasteiger partial charge is 0.481 e. The highest BCUT2D eigenvalue weighted by atomic mass is 19.4. The van der Waals surface area contributed by atoms with Crippen LogP contribution >= 0.6 is 0 Å². The number of halogens is 3. The Hall–Kier alpha value is -1.26. The average molecular weight is 176 g/mol. The van der Waals surface area contributed by atoms with E-state index in [0.717, 1.165) is 12.1 Å². The van der Waals surface area contributed by atoms with Gasteiger partial charge in [-0.3, -0.25) is 0 Å². The molecule has 0 spiro atoms. The van der Waals surface area contributed by atoms with Gasteiger partial charge in [-0.15, -0.1) is 0 Å². The van der Waals surface area contributed by atoms with Gasteiger partial charge in [0.2, 0.25) is 5.88 Å². The van der Waals surface area contributed by atoms with Crippen LogP contribution in [0, 0.1) is 6.07 Å². The Kier molecular flexibility index (Phi) is 2.21. The van der Waals surface area contributed by atoms with Crippen LogP contribution in [-0.2, 0) is 6.18 Å². The van der Waals surface area contributed by atoms with E-state index in [1.165, 1.54) is 7.11 Å². The van der Waals surface area contributed by atoms with Crippen LogP contribution < -0.4 is 4.74 Å². The zero-order valence-electron chi connectivity index (χ0n) is 6.14. The minimum Gasteiger partial charge on any atom is -0.481 e. The van der Waals surface area contributed by atoms with Crippen LogP contribution in [-0.4, -0.2) is 12.1 Å². The lowest BCUT2D eigenvalue weighted by Crippen LogP contribution is -2.08. The first-order valence-electron chi connectivity index (χ1n) is 3.04. The summed E-state index contributed by atoms with van der Waals surface area (Å²) in [6, 6.07) is 4.35. The quantitative estimate of drug-likeness (QED) is 0.652. The zero-order valence-corrected chi connectivity index (χ0v) is 6.14. The molecule has 2 nitrogen and oxygen atoms in total. The van der Waals surface area contributed by atoms with Gasteiger partial charge in [0.05, 0.1) is 7.11 Å².